The molecule has 3 aromatic rings. The van der Waals surface area contributed by atoms with Crippen molar-refractivity contribution in [2.75, 3.05) is 26.9 Å². The van der Waals surface area contributed by atoms with Gasteiger partial charge in [0.2, 0.25) is 0 Å². The van der Waals surface area contributed by atoms with Crippen LogP contribution in [0.4, 0.5) is 0 Å². The fourth-order valence-corrected chi connectivity index (χ4v) is 3.94. The summed E-state index contributed by atoms with van der Waals surface area (Å²) in [5.41, 5.74) is 3.31. The van der Waals surface area contributed by atoms with Gasteiger partial charge in [-0.15, -0.1) is 9.42 Å². The summed E-state index contributed by atoms with van der Waals surface area (Å²) in [6.45, 7) is 2.27. The summed E-state index contributed by atoms with van der Waals surface area (Å²) in [5.74, 6) is 1.76. The Balaban J connectivity index is 1.44. The maximum atomic E-state index is 10.5. The van der Waals surface area contributed by atoms with Gasteiger partial charge in [-0.1, -0.05) is 18.2 Å². The Labute approximate surface area is 196 Å². The third kappa shape index (κ3) is 8.37. The Morgan fingerprint density at radius 1 is 1.03 bits per heavy atom. The molecule has 0 aliphatic rings. The van der Waals surface area contributed by atoms with Crippen molar-refractivity contribution in [2.24, 2.45) is 0 Å². The zero-order valence-electron chi connectivity index (χ0n) is 19.0. The molecule has 0 bridgehead atoms. The molecule has 0 aliphatic heterocycles. The van der Waals surface area contributed by atoms with Crippen LogP contribution in [0.2, 0.25) is 0 Å². The second-order valence-corrected chi connectivity index (χ2v) is 8.47. The number of rotatable bonds is 15. The Morgan fingerprint density at radius 3 is 2.79 bits per heavy atom. The van der Waals surface area contributed by atoms with Crippen molar-refractivity contribution >= 4 is 19.2 Å². The summed E-state index contributed by atoms with van der Waals surface area (Å²) in [5, 5.41) is 4.34. The van der Waals surface area contributed by atoms with Gasteiger partial charge in [0.05, 0.1) is 19.2 Å². The number of hydrogen-bond donors (Lipinski definition) is 2. The van der Waals surface area contributed by atoms with E-state index >= 15 is 0 Å². The summed E-state index contributed by atoms with van der Waals surface area (Å²) < 4.78 is 26.6. The van der Waals surface area contributed by atoms with Crippen LogP contribution in [-0.2, 0) is 22.1 Å². The van der Waals surface area contributed by atoms with Crippen molar-refractivity contribution in [1.82, 2.24) is 10.3 Å². The second-order valence-electron chi connectivity index (χ2n) is 7.73. The monoisotopic (exact) mass is 471 g/mol. The summed E-state index contributed by atoms with van der Waals surface area (Å²) in [4.78, 5) is 13.2. The zero-order valence-corrected chi connectivity index (χ0v) is 19.9. The summed E-state index contributed by atoms with van der Waals surface area (Å²) in [6, 6.07) is 16.3. The molecule has 1 unspecified atom stereocenters. The average Bonchev–Trinajstić information content (AvgIpc) is 2.84. The van der Waals surface area contributed by atoms with E-state index in [-0.39, 0.29) is 6.61 Å². The van der Waals surface area contributed by atoms with Crippen LogP contribution in [0.1, 0.15) is 36.8 Å². The van der Waals surface area contributed by atoms with Gasteiger partial charge in [0, 0.05) is 22.7 Å². The minimum Gasteiger partial charge on any atom is -0.497 e. The highest BCUT2D eigenvalue weighted by molar-refractivity contribution is 7.32. The highest BCUT2D eigenvalue weighted by Crippen LogP contribution is 2.27. The van der Waals surface area contributed by atoms with Crippen LogP contribution in [0, 0.1) is 0 Å². The number of benzene rings is 2. The molecule has 0 aliphatic carbocycles. The van der Waals surface area contributed by atoms with Gasteiger partial charge in [-0.3, -0.25) is 4.98 Å². The number of aromatic nitrogens is 1. The number of methoxy groups -OCH3 is 1. The first-order valence-corrected chi connectivity index (χ1v) is 12.4. The molecule has 0 spiro atoms. The van der Waals surface area contributed by atoms with Gasteiger partial charge < -0.3 is 14.8 Å². The third-order valence-electron chi connectivity index (χ3n) is 5.33. The zero-order chi connectivity index (χ0) is 23.3. The number of fused-ring (bicyclic) bond motifs is 1. The average molecular weight is 472 g/mol. The van der Waals surface area contributed by atoms with Crippen LogP contribution in [0.5, 0.6) is 11.5 Å². The minimum absolute atomic E-state index is 0.254. The molecule has 2 aromatic carbocycles. The molecule has 176 valence electrons. The van der Waals surface area contributed by atoms with Gasteiger partial charge in [0.1, 0.15) is 18.1 Å². The molecule has 0 saturated carbocycles. The topological polar surface area (TPSA) is 89.9 Å². The number of nitrogens with one attached hydrogen (secondary N) is 1. The quantitative estimate of drug-likeness (QED) is 0.233. The fourth-order valence-electron chi connectivity index (χ4n) is 3.65. The Bertz CT molecular complexity index is 1030. The number of pyridine rings is 1. The molecule has 1 atom stereocenters. The van der Waals surface area contributed by atoms with E-state index in [1.54, 1.807) is 13.3 Å². The van der Waals surface area contributed by atoms with Crippen LogP contribution < -0.4 is 14.8 Å². The molecule has 0 radical (unpaired) electrons. The van der Waals surface area contributed by atoms with Crippen molar-refractivity contribution < 1.29 is 23.5 Å². The molecular formula is C25H32N2O5P+. The first-order chi connectivity index (χ1) is 16.2. The smallest absolute Gasteiger partial charge is 0.497 e. The number of hydrogen-bond acceptors (Lipinski definition) is 6. The molecule has 3 rings (SSSR count). The number of unbranched alkanes of at least 4 members (excludes halogenated alkanes) is 2. The van der Waals surface area contributed by atoms with Crippen molar-refractivity contribution in [2.45, 2.75) is 38.6 Å². The van der Waals surface area contributed by atoms with E-state index in [0.29, 0.717) is 26.1 Å². The first-order valence-electron chi connectivity index (χ1n) is 11.3. The van der Waals surface area contributed by atoms with E-state index in [0.717, 1.165) is 53.6 Å². The molecule has 0 fully saturated rings. The molecule has 2 N–H and O–H groups in total. The number of ether oxygens (including phenoxy) is 2. The molecule has 0 saturated heterocycles. The highest BCUT2D eigenvalue weighted by Gasteiger charge is 2.11. The van der Waals surface area contributed by atoms with Crippen molar-refractivity contribution in [3.05, 3.63) is 65.9 Å². The van der Waals surface area contributed by atoms with Gasteiger partial charge in [-0.25, -0.2) is 0 Å². The highest BCUT2D eigenvalue weighted by atomic mass is 31.1. The lowest BCUT2D eigenvalue weighted by molar-refractivity contribution is 0.276. The lowest BCUT2D eigenvalue weighted by atomic mass is 10.1. The van der Waals surface area contributed by atoms with E-state index in [4.69, 9.17) is 14.4 Å². The standard InChI is InChI=1S/C25H31N2O5P/c1-30-22-10-5-9-20(18-22)8-3-2-4-16-31-24-13-12-21(25-23(24)11-6-15-27-25)19-26-14-7-17-32-33(28)29/h5-6,9-13,15,18,26H,2-4,7-8,14,16-17,19H2,1H3/p+1. The number of aryl methyl sites for hydroxylation is 1. The van der Waals surface area contributed by atoms with Gasteiger partial charge >= 0.3 is 8.25 Å². The molecule has 33 heavy (non-hydrogen) atoms. The van der Waals surface area contributed by atoms with E-state index < -0.39 is 8.25 Å². The SMILES string of the molecule is COc1cccc(CCCCCOc2ccc(CNCCCO[P+](=O)O)c3ncccc23)c1. The largest absolute Gasteiger partial charge is 0.694 e. The summed E-state index contributed by atoms with van der Waals surface area (Å²) >= 11 is 0. The molecule has 8 heteroatoms. The lowest BCUT2D eigenvalue weighted by Gasteiger charge is -2.12. The summed E-state index contributed by atoms with van der Waals surface area (Å²) in [6.07, 6.45) is 6.70. The van der Waals surface area contributed by atoms with E-state index in [1.165, 1.54) is 5.56 Å². The molecular weight excluding hydrogens is 439 g/mol. The maximum Gasteiger partial charge on any atom is 0.694 e. The predicted octanol–water partition coefficient (Wildman–Crippen LogP) is 5.18. The molecule has 1 heterocycles. The minimum atomic E-state index is -2.52. The van der Waals surface area contributed by atoms with Crippen LogP contribution in [-0.4, -0.2) is 36.7 Å². The second kappa shape index (κ2) is 13.9. The van der Waals surface area contributed by atoms with Gasteiger partial charge in [-0.2, -0.15) is 0 Å². The van der Waals surface area contributed by atoms with E-state index in [2.05, 4.69) is 27.0 Å². The first kappa shape index (κ1) is 25.1. The normalized spacial score (nSPS) is 11.5. The van der Waals surface area contributed by atoms with Gasteiger partial charge in [-0.05, 0) is 80.1 Å². The third-order valence-corrected chi connectivity index (χ3v) is 5.73. The van der Waals surface area contributed by atoms with E-state index in [9.17, 15) is 4.57 Å². The van der Waals surface area contributed by atoms with Crippen molar-refractivity contribution in [3.8, 4) is 11.5 Å². The van der Waals surface area contributed by atoms with Crippen molar-refractivity contribution in [3.63, 3.8) is 0 Å². The van der Waals surface area contributed by atoms with Gasteiger partial charge in [0.25, 0.3) is 0 Å². The molecule has 0 amide bonds. The van der Waals surface area contributed by atoms with Gasteiger partial charge in [0.15, 0.2) is 0 Å². The van der Waals surface area contributed by atoms with Crippen LogP contribution in [0.15, 0.2) is 54.7 Å². The van der Waals surface area contributed by atoms with Crippen molar-refractivity contribution in [1.29, 1.82) is 0 Å². The fraction of sp³-hybridized carbons (Fsp3) is 0.400. The predicted molar refractivity (Wildman–Crippen MR) is 130 cm³/mol. The molecule has 7 nitrogen and oxygen atoms in total. The Kier molecular flexibility index (Phi) is 10.5. The Morgan fingerprint density at radius 2 is 1.94 bits per heavy atom. The lowest BCUT2D eigenvalue weighted by Crippen LogP contribution is -2.16. The van der Waals surface area contributed by atoms with Crippen LogP contribution in [0.3, 0.4) is 0 Å². The number of nitrogens with zero attached hydrogens (tertiary/aromatic N) is 1. The Hall–Kier alpha value is -2.57. The summed E-state index contributed by atoms with van der Waals surface area (Å²) in [7, 11) is -0.826. The maximum absolute atomic E-state index is 10.5. The van der Waals surface area contributed by atoms with E-state index in [1.807, 2.05) is 36.4 Å². The molecule has 1 aromatic heterocycles. The van der Waals surface area contributed by atoms with Crippen LogP contribution in [0.25, 0.3) is 10.9 Å². The van der Waals surface area contributed by atoms with Crippen LogP contribution >= 0.6 is 8.25 Å².